The molecule has 1 N–H and O–H groups in total. The zero-order valence-corrected chi connectivity index (χ0v) is 12.5. The van der Waals surface area contributed by atoms with Crippen LogP contribution in [-0.4, -0.2) is 19.1 Å². The van der Waals surface area contributed by atoms with Crippen LogP contribution in [0.5, 0.6) is 0 Å². The van der Waals surface area contributed by atoms with E-state index in [0.717, 1.165) is 0 Å². The average molecular weight is 260 g/mol. The summed E-state index contributed by atoms with van der Waals surface area (Å²) in [7, 11) is 0. The molecule has 0 saturated carbocycles. The Bertz CT molecular complexity index is 369. The van der Waals surface area contributed by atoms with Crippen molar-refractivity contribution in [2.24, 2.45) is 0 Å². The number of benzene rings is 1. The van der Waals surface area contributed by atoms with Gasteiger partial charge >= 0.3 is 0 Å². The Morgan fingerprint density at radius 2 is 2.00 bits per heavy atom. The summed E-state index contributed by atoms with van der Waals surface area (Å²) in [6, 6.07) is 9.48. The molecule has 1 aromatic rings. The number of nitrogens with one attached hydrogen (secondary N) is 1. The second-order valence-electron chi connectivity index (χ2n) is 5.79. The largest absolute Gasteiger partial charge is 0.383 e. The molecule has 2 rings (SSSR count). The molecule has 1 atom stereocenters. The Morgan fingerprint density at radius 1 is 1.21 bits per heavy atom. The molecule has 19 heavy (non-hydrogen) atoms. The first-order valence-electron chi connectivity index (χ1n) is 7.91. The molecule has 0 aromatic heterocycles. The smallest absolute Gasteiger partial charge is 0.0386 e. The number of nitrogens with zero attached hydrogens (tertiary/aromatic N) is 1. The Balaban J connectivity index is 1.87. The van der Waals surface area contributed by atoms with Crippen molar-refractivity contribution in [3.8, 4) is 0 Å². The highest BCUT2D eigenvalue weighted by molar-refractivity contribution is 5.58. The minimum Gasteiger partial charge on any atom is -0.383 e. The predicted octanol–water partition coefficient (Wildman–Crippen LogP) is 4.67. The van der Waals surface area contributed by atoms with Crippen LogP contribution in [0.25, 0.3) is 0 Å². The molecule has 1 unspecified atom stereocenters. The molecule has 1 fully saturated rings. The van der Waals surface area contributed by atoms with Crippen LogP contribution in [-0.2, 0) is 0 Å². The van der Waals surface area contributed by atoms with Gasteiger partial charge in [0.25, 0.3) is 0 Å². The van der Waals surface area contributed by atoms with Crippen molar-refractivity contribution >= 4 is 11.4 Å². The topological polar surface area (TPSA) is 15.3 Å². The maximum atomic E-state index is 3.64. The van der Waals surface area contributed by atoms with E-state index in [9.17, 15) is 0 Å². The third-order valence-corrected chi connectivity index (χ3v) is 3.97. The molecule has 0 bridgehead atoms. The summed E-state index contributed by atoms with van der Waals surface area (Å²) >= 11 is 0. The van der Waals surface area contributed by atoms with Gasteiger partial charge in [-0.1, -0.05) is 32.3 Å². The van der Waals surface area contributed by atoms with E-state index in [1.54, 1.807) is 0 Å². The third-order valence-electron chi connectivity index (χ3n) is 3.97. The first-order chi connectivity index (χ1) is 9.29. The van der Waals surface area contributed by atoms with E-state index in [4.69, 9.17) is 0 Å². The van der Waals surface area contributed by atoms with Gasteiger partial charge in [-0.25, -0.2) is 0 Å². The van der Waals surface area contributed by atoms with E-state index in [2.05, 4.69) is 48.3 Å². The second-order valence-corrected chi connectivity index (χ2v) is 5.79. The van der Waals surface area contributed by atoms with E-state index in [0.29, 0.717) is 6.04 Å². The van der Waals surface area contributed by atoms with Crippen LogP contribution in [0.1, 0.15) is 52.4 Å². The summed E-state index contributed by atoms with van der Waals surface area (Å²) in [5.74, 6) is 0. The van der Waals surface area contributed by atoms with Gasteiger partial charge in [-0.15, -0.1) is 0 Å². The molecule has 1 aliphatic rings. The van der Waals surface area contributed by atoms with Gasteiger partial charge in [0.2, 0.25) is 0 Å². The lowest BCUT2D eigenvalue weighted by atomic mass is 10.1. The van der Waals surface area contributed by atoms with Crippen molar-refractivity contribution in [3.05, 3.63) is 24.3 Å². The van der Waals surface area contributed by atoms with Crippen LogP contribution in [0.15, 0.2) is 24.3 Å². The maximum absolute atomic E-state index is 3.64. The van der Waals surface area contributed by atoms with Crippen molar-refractivity contribution < 1.29 is 0 Å². The van der Waals surface area contributed by atoms with E-state index < -0.39 is 0 Å². The molecule has 0 amide bonds. The Kier molecular flexibility index (Phi) is 5.56. The summed E-state index contributed by atoms with van der Waals surface area (Å²) in [4.78, 5) is 2.49. The molecule has 1 heterocycles. The molecule has 106 valence electrons. The maximum Gasteiger partial charge on any atom is 0.0386 e. The molecule has 2 nitrogen and oxygen atoms in total. The number of anilines is 2. The van der Waals surface area contributed by atoms with Crippen molar-refractivity contribution in [2.45, 2.75) is 58.4 Å². The monoisotopic (exact) mass is 260 g/mol. The van der Waals surface area contributed by atoms with Gasteiger partial charge in [-0.05, 0) is 44.4 Å². The number of hydrogen-bond donors (Lipinski definition) is 1. The fourth-order valence-electron chi connectivity index (χ4n) is 2.82. The Hall–Kier alpha value is -1.18. The highest BCUT2D eigenvalue weighted by Gasteiger charge is 2.12. The molecule has 1 aromatic carbocycles. The normalized spacial score (nSPS) is 16.6. The van der Waals surface area contributed by atoms with Crippen LogP contribution in [0.3, 0.4) is 0 Å². The SMILES string of the molecule is CCCCCC(C)Nc1cccc(N2CCCC2)c1. The van der Waals surface area contributed by atoms with Gasteiger partial charge in [0.1, 0.15) is 0 Å². The van der Waals surface area contributed by atoms with Gasteiger partial charge < -0.3 is 10.2 Å². The van der Waals surface area contributed by atoms with Gasteiger partial charge in [-0.3, -0.25) is 0 Å². The lowest BCUT2D eigenvalue weighted by Gasteiger charge is -2.20. The second kappa shape index (κ2) is 7.42. The predicted molar refractivity (Wildman–Crippen MR) is 85.1 cm³/mol. The standard InChI is InChI=1S/C17H28N2/c1-3-4-5-9-15(2)18-16-10-8-11-17(14-16)19-12-6-7-13-19/h8,10-11,14-15,18H,3-7,9,12-13H2,1-2H3. The molecule has 2 heteroatoms. The first-order valence-corrected chi connectivity index (χ1v) is 7.91. The molecular formula is C17H28N2. The van der Waals surface area contributed by atoms with E-state index in [-0.39, 0.29) is 0 Å². The van der Waals surface area contributed by atoms with Crippen molar-refractivity contribution in [2.75, 3.05) is 23.3 Å². The molecule has 1 saturated heterocycles. The lowest BCUT2D eigenvalue weighted by Crippen LogP contribution is -2.18. The van der Waals surface area contributed by atoms with Crippen LogP contribution in [0, 0.1) is 0 Å². The highest BCUT2D eigenvalue weighted by atomic mass is 15.1. The van der Waals surface area contributed by atoms with Crippen LogP contribution in [0.4, 0.5) is 11.4 Å². The first kappa shape index (κ1) is 14.2. The van der Waals surface area contributed by atoms with Crippen LogP contribution in [0.2, 0.25) is 0 Å². The quantitative estimate of drug-likeness (QED) is 0.717. The van der Waals surface area contributed by atoms with Crippen LogP contribution < -0.4 is 10.2 Å². The van der Waals surface area contributed by atoms with Gasteiger partial charge in [0.15, 0.2) is 0 Å². The Morgan fingerprint density at radius 3 is 2.74 bits per heavy atom. The van der Waals surface area contributed by atoms with Crippen molar-refractivity contribution in [1.29, 1.82) is 0 Å². The Labute approximate surface area is 118 Å². The van der Waals surface area contributed by atoms with Crippen molar-refractivity contribution in [1.82, 2.24) is 0 Å². The van der Waals surface area contributed by atoms with Gasteiger partial charge in [0.05, 0.1) is 0 Å². The molecule has 0 spiro atoms. The number of rotatable bonds is 7. The van der Waals surface area contributed by atoms with Crippen LogP contribution >= 0.6 is 0 Å². The highest BCUT2D eigenvalue weighted by Crippen LogP contribution is 2.24. The summed E-state index contributed by atoms with van der Waals surface area (Å²) in [6.07, 6.45) is 7.92. The summed E-state index contributed by atoms with van der Waals surface area (Å²) < 4.78 is 0. The molecule has 0 radical (unpaired) electrons. The molecule has 1 aliphatic heterocycles. The summed E-state index contributed by atoms with van der Waals surface area (Å²) in [5.41, 5.74) is 2.65. The molecular weight excluding hydrogens is 232 g/mol. The summed E-state index contributed by atoms with van der Waals surface area (Å²) in [5, 5.41) is 3.64. The minimum atomic E-state index is 0.570. The number of hydrogen-bond acceptors (Lipinski definition) is 2. The van der Waals surface area contributed by atoms with Crippen molar-refractivity contribution in [3.63, 3.8) is 0 Å². The fourth-order valence-corrected chi connectivity index (χ4v) is 2.82. The van der Waals surface area contributed by atoms with Gasteiger partial charge in [0, 0.05) is 30.5 Å². The lowest BCUT2D eigenvalue weighted by molar-refractivity contribution is 0.615. The summed E-state index contributed by atoms with van der Waals surface area (Å²) in [6.45, 7) is 6.99. The molecule has 0 aliphatic carbocycles. The van der Waals surface area contributed by atoms with E-state index >= 15 is 0 Å². The third kappa shape index (κ3) is 4.45. The minimum absolute atomic E-state index is 0.570. The average Bonchev–Trinajstić information content (AvgIpc) is 2.93. The fraction of sp³-hybridized carbons (Fsp3) is 0.647. The van der Waals surface area contributed by atoms with E-state index in [1.807, 2.05) is 0 Å². The zero-order valence-electron chi connectivity index (χ0n) is 12.5. The van der Waals surface area contributed by atoms with Gasteiger partial charge in [-0.2, -0.15) is 0 Å². The zero-order chi connectivity index (χ0) is 13.5. The van der Waals surface area contributed by atoms with E-state index in [1.165, 1.54) is 63.0 Å². The number of unbranched alkanes of at least 4 members (excludes halogenated alkanes) is 2.